The van der Waals surface area contributed by atoms with E-state index in [1.807, 2.05) is 18.3 Å². The predicted octanol–water partition coefficient (Wildman–Crippen LogP) is 0.607. The largest absolute Gasteiger partial charge is 0.326 e. The van der Waals surface area contributed by atoms with E-state index < -0.39 is 0 Å². The molecule has 5 nitrogen and oxygen atoms in total. The molecule has 1 saturated heterocycles. The maximum absolute atomic E-state index is 5.62. The molecule has 1 aliphatic rings. The molecule has 5 heteroatoms. The molecule has 0 aliphatic carbocycles. The second-order valence-electron chi connectivity index (χ2n) is 4.77. The molecule has 0 radical (unpaired) electrons. The molecule has 1 fully saturated rings. The molecule has 1 unspecified atom stereocenters. The molecule has 0 saturated carbocycles. The van der Waals surface area contributed by atoms with E-state index in [-0.39, 0.29) is 0 Å². The van der Waals surface area contributed by atoms with Gasteiger partial charge in [0.25, 0.3) is 0 Å². The summed E-state index contributed by atoms with van der Waals surface area (Å²) in [6.07, 6.45) is 3.20. The third-order valence-electron chi connectivity index (χ3n) is 3.49. The first-order chi connectivity index (χ1) is 8.28. The molecule has 1 aliphatic heterocycles. The topological polar surface area (TPSA) is 59.5 Å². The maximum Gasteiger partial charge on any atom is 0.161 e. The Bertz CT molecular complexity index is 533. The highest BCUT2D eigenvalue weighted by atomic mass is 15.3. The molecule has 3 heterocycles. The van der Waals surface area contributed by atoms with Crippen LogP contribution in [0.15, 0.2) is 18.3 Å². The summed E-state index contributed by atoms with van der Waals surface area (Å²) in [5, 5.41) is 8.57. The van der Waals surface area contributed by atoms with Gasteiger partial charge in [-0.1, -0.05) is 0 Å². The molecular weight excluding hydrogens is 214 g/mol. The molecule has 90 valence electrons. The first kappa shape index (κ1) is 10.7. The molecule has 0 bridgehead atoms. The van der Waals surface area contributed by atoms with Crippen molar-refractivity contribution < 1.29 is 0 Å². The number of pyridine rings is 1. The van der Waals surface area contributed by atoms with Crippen LogP contribution in [0, 0.1) is 0 Å². The van der Waals surface area contributed by atoms with Gasteiger partial charge in [0.15, 0.2) is 5.65 Å². The Balaban J connectivity index is 2.00. The van der Waals surface area contributed by atoms with Gasteiger partial charge in [-0.05, 0) is 37.7 Å². The summed E-state index contributed by atoms with van der Waals surface area (Å²) in [5.74, 6) is 1.58. The third-order valence-corrected chi connectivity index (χ3v) is 3.49. The van der Waals surface area contributed by atoms with Crippen LogP contribution in [0.25, 0.3) is 5.65 Å². The third kappa shape index (κ3) is 1.81. The molecule has 0 spiro atoms. The minimum absolute atomic E-state index is 0.499. The number of rotatable bonds is 2. The summed E-state index contributed by atoms with van der Waals surface area (Å²) in [6, 6.07) is 4.05. The molecule has 1 atom stereocenters. The van der Waals surface area contributed by atoms with Crippen molar-refractivity contribution >= 4 is 5.65 Å². The predicted molar refractivity (Wildman–Crippen MR) is 65.7 cm³/mol. The van der Waals surface area contributed by atoms with Gasteiger partial charge in [-0.3, -0.25) is 4.40 Å². The zero-order chi connectivity index (χ0) is 11.8. The van der Waals surface area contributed by atoms with Crippen molar-refractivity contribution in [3.63, 3.8) is 0 Å². The van der Waals surface area contributed by atoms with Crippen molar-refractivity contribution in [2.45, 2.75) is 18.9 Å². The van der Waals surface area contributed by atoms with Gasteiger partial charge in [-0.2, -0.15) is 0 Å². The molecule has 2 aromatic rings. The lowest BCUT2D eigenvalue weighted by atomic mass is 10.1. The number of fused-ring (bicyclic) bond motifs is 1. The number of nitrogens with zero attached hydrogens (tertiary/aromatic N) is 4. The summed E-state index contributed by atoms with van der Waals surface area (Å²) in [6.45, 7) is 2.75. The van der Waals surface area contributed by atoms with Crippen molar-refractivity contribution in [1.29, 1.82) is 0 Å². The Morgan fingerprint density at radius 3 is 3.06 bits per heavy atom. The van der Waals surface area contributed by atoms with E-state index in [0.29, 0.717) is 12.5 Å². The minimum Gasteiger partial charge on any atom is -0.326 e. The smallest absolute Gasteiger partial charge is 0.161 e. The molecule has 2 aromatic heterocycles. The van der Waals surface area contributed by atoms with Crippen LogP contribution in [0.4, 0.5) is 0 Å². The lowest BCUT2D eigenvalue weighted by Crippen LogP contribution is -2.14. The van der Waals surface area contributed by atoms with E-state index in [1.165, 1.54) is 0 Å². The molecule has 0 aromatic carbocycles. The van der Waals surface area contributed by atoms with Crippen LogP contribution in [0.3, 0.4) is 0 Å². The summed E-state index contributed by atoms with van der Waals surface area (Å²) in [7, 11) is 2.15. The fraction of sp³-hybridized carbons (Fsp3) is 0.500. The number of likely N-dealkylation sites (tertiary alicyclic amines) is 1. The maximum atomic E-state index is 5.62. The number of hydrogen-bond donors (Lipinski definition) is 1. The Kier molecular flexibility index (Phi) is 2.57. The Labute approximate surface area is 100 Å². The summed E-state index contributed by atoms with van der Waals surface area (Å²) in [4.78, 5) is 2.33. The summed E-state index contributed by atoms with van der Waals surface area (Å²) in [5.41, 5.74) is 7.62. The zero-order valence-corrected chi connectivity index (χ0v) is 10.0. The van der Waals surface area contributed by atoms with Gasteiger partial charge < -0.3 is 10.6 Å². The molecule has 2 N–H and O–H groups in total. The average molecular weight is 231 g/mol. The van der Waals surface area contributed by atoms with Gasteiger partial charge in [-0.15, -0.1) is 10.2 Å². The van der Waals surface area contributed by atoms with Crippen molar-refractivity contribution in [3.05, 3.63) is 29.7 Å². The standard InChI is InChI=1S/C12H17N5/c1-16-4-3-10(8-16)12-15-14-11-6-9(7-13)2-5-17(11)12/h2,5-6,10H,3-4,7-8,13H2,1H3. The SMILES string of the molecule is CN1CCC(c2nnc3cc(CN)ccn23)C1. The minimum atomic E-state index is 0.499. The van der Waals surface area contributed by atoms with Crippen LogP contribution in [-0.2, 0) is 6.54 Å². The van der Waals surface area contributed by atoms with Gasteiger partial charge >= 0.3 is 0 Å². The monoisotopic (exact) mass is 231 g/mol. The van der Waals surface area contributed by atoms with Gasteiger partial charge in [0.1, 0.15) is 5.82 Å². The highest BCUT2D eigenvalue weighted by Crippen LogP contribution is 2.25. The lowest BCUT2D eigenvalue weighted by Gasteiger charge is -2.08. The van der Waals surface area contributed by atoms with Crippen LogP contribution in [-0.4, -0.2) is 39.6 Å². The van der Waals surface area contributed by atoms with E-state index in [4.69, 9.17) is 5.73 Å². The molecule has 17 heavy (non-hydrogen) atoms. The summed E-state index contributed by atoms with van der Waals surface area (Å²) < 4.78 is 2.09. The number of aromatic nitrogens is 3. The molecular formula is C12H17N5. The molecule has 0 amide bonds. The fourth-order valence-corrected chi connectivity index (χ4v) is 2.50. The first-order valence-corrected chi connectivity index (χ1v) is 6.00. The van der Waals surface area contributed by atoms with Crippen LogP contribution in [0.1, 0.15) is 23.7 Å². The zero-order valence-electron chi connectivity index (χ0n) is 10.0. The number of nitrogens with two attached hydrogens (primary N) is 1. The Morgan fingerprint density at radius 2 is 2.35 bits per heavy atom. The van der Waals surface area contributed by atoms with Crippen molar-refractivity contribution in [2.24, 2.45) is 5.73 Å². The average Bonchev–Trinajstić information content (AvgIpc) is 2.93. The summed E-state index contributed by atoms with van der Waals surface area (Å²) >= 11 is 0. The second kappa shape index (κ2) is 4.09. The number of likely N-dealkylation sites (N-methyl/N-ethyl adjacent to an activating group) is 1. The Hall–Kier alpha value is -1.46. The highest BCUT2D eigenvalue weighted by Gasteiger charge is 2.25. The van der Waals surface area contributed by atoms with Crippen LogP contribution < -0.4 is 5.73 Å². The van der Waals surface area contributed by atoms with Crippen LogP contribution in [0.5, 0.6) is 0 Å². The quantitative estimate of drug-likeness (QED) is 0.822. The van der Waals surface area contributed by atoms with Gasteiger partial charge in [0.05, 0.1) is 0 Å². The van der Waals surface area contributed by atoms with E-state index in [9.17, 15) is 0 Å². The van der Waals surface area contributed by atoms with Crippen LogP contribution >= 0.6 is 0 Å². The van der Waals surface area contributed by atoms with Crippen molar-refractivity contribution in [2.75, 3.05) is 20.1 Å². The van der Waals surface area contributed by atoms with E-state index in [1.54, 1.807) is 0 Å². The normalized spacial score (nSPS) is 21.4. The van der Waals surface area contributed by atoms with Crippen molar-refractivity contribution in [1.82, 2.24) is 19.5 Å². The van der Waals surface area contributed by atoms with E-state index in [0.717, 1.165) is 36.5 Å². The van der Waals surface area contributed by atoms with Gasteiger partial charge in [0, 0.05) is 25.2 Å². The second-order valence-corrected chi connectivity index (χ2v) is 4.77. The van der Waals surface area contributed by atoms with Gasteiger partial charge in [-0.25, -0.2) is 0 Å². The Morgan fingerprint density at radius 1 is 1.47 bits per heavy atom. The first-order valence-electron chi connectivity index (χ1n) is 6.00. The molecule has 3 rings (SSSR count). The van der Waals surface area contributed by atoms with E-state index >= 15 is 0 Å². The number of hydrogen-bond acceptors (Lipinski definition) is 4. The van der Waals surface area contributed by atoms with Crippen LogP contribution in [0.2, 0.25) is 0 Å². The fourth-order valence-electron chi connectivity index (χ4n) is 2.50. The van der Waals surface area contributed by atoms with Crippen molar-refractivity contribution in [3.8, 4) is 0 Å². The lowest BCUT2D eigenvalue weighted by molar-refractivity contribution is 0.409. The van der Waals surface area contributed by atoms with Gasteiger partial charge in [0.2, 0.25) is 0 Å². The highest BCUT2D eigenvalue weighted by molar-refractivity contribution is 5.41. The van der Waals surface area contributed by atoms with E-state index in [2.05, 4.69) is 26.5 Å².